The third-order valence-electron chi connectivity index (χ3n) is 2.71. The van der Waals surface area contributed by atoms with Gasteiger partial charge >= 0.3 is 0 Å². The standard InChI is InChI=1S/C12H15N3/c1-2-10-6-12(8-14-7-10)15-5-3-4-11(13)9-15/h1,6-8,11H,3-5,9,13H2/t11-/m0/s1. The number of hydrogen-bond acceptors (Lipinski definition) is 3. The average molecular weight is 201 g/mol. The number of pyridine rings is 1. The van der Waals surface area contributed by atoms with Crippen LogP contribution in [0, 0.1) is 12.3 Å². The minimum absolute atomic E-state index is 0.272. The number of hydrogen-bond donors (Lipinski definition) is 1. The highest BCUT2D eigenvalue weighted by molar-refractivity contribution is 5.50. The van der Waals surface area contributed by atoms with Gasteiger partial charge in [0.25, 0.3) is 0 Å². The molecule has 0 spiro atoms. The summed E-state index contributed by atoms with van der Waals surface area (Å²) in [6.45, 7) is 1.94. The molecule has 1 fully saturated rings. The summed E-state index contributed by atoms with van der Waals surface area (Å²) in [7, 11) is 0. The highest BCUT2D eigenvalue weighted by Crippen LogP contribution is 2.18. The van der Waals surface area contributed by atoms with Crippen LogP contribution in [0.4, 0.5) is 5.69 Å². The molecule has 1 atom stereocenters. The molecule has 2 heterocycles. The van der Waals surface area contributed by atoms with Crippen LogP contribution in [0.5, 0.6) is 0 Å². The van der Waals surface area contributed by atoms with Crippen molar-refractivity contribution in [3.8, 4) is 12.3 Å². The van der Waals surface area contributed by atoms with Gasteiger partial charge in [0.1, 0.15) is 0 Å². The lowest BCUT2D eigenvalue weighted by Gasteiger charge is -2.32. The summed E-state index contributed by atoms with van der Waals surface area (Å²) in [5.41, 5.74) is 7.84. The highest BCUT2D eigenvalue weighted by atomic mass is 15.2. The Hall–Kier alpha value is -1.53. The molecule has 0 aliphatic carbocycles. The van der Waals surface area contributed by atoms with Crippen LogP contribution in [0.25, 0.3) is 0 Å². The second-order valence-corrected chi connectivity index (χ2v) is 3.92. The van der Waals surface area contributed by atoms with E-state index in [0.29, 0.717) is 0 Å². The Balaban J connectivity index is 2.18. The van der Waals surface area contributed by atoms with Gasteiger partial charge in [0, 0.05) is 30.9 Å². The van der Waals surface area contributed by atoms with E-state index in [9.17, 15) is 0 Å². The molecule has 1 saturated heterocycles. The van der Waals surface area contributed by atoms with E-state index in [-0.39, 0.29) is 6.04 Å². The van der Waals surface area contributed by atoms with Crippen molar-refractivity contribution in [1.29, 1.82) is 0 Å². The van der Waals surface area contributed by atoms with E-state index in [1.165, 1.54) is 0 Å². The number of rotatable bonds is 1. The van der Waals surface area contributed by atoms with E-state index >= 15 is 0 Å². The van der Waals surface area contributed by atoms with Gasteiger partial charge in [-0.1, -0.05) is 5.92 Å². The average Bonchev–Trinajstić information content (AvgIpc) is 2.29. The number of terminal acetylenes is 1. The van der Waals surface area contributed by atoms with Gasteiger partial charge < -0.3 is 10.6 Å². The van der Waals surface area contributed by atoms with Crippen LogP contribution < -0.4 is 10.6 Å². The Kier molecular flexibility index (Phi) is 2.89. The summed E-state index contributed by atoms with van der Waals surface area (Å²) < 4.78 is 0. The molecule has 78 valence electrons. The van der Waals surface area contributed by atoms with Gasteiger partial charge in [-0.05, 0) is 18.9 Å². The van der Waals surface area contributed by atoms with Gasteiger partial charge in [0.05, 0.1) is 11.9 Å². The van der Waals surface area contributed by atoms with E-state index in [0.717, 1.165) is 37.2 Å². The number of piperidine rings is 1. The van der Waals surface area contributed by atoms with E-state index in [2.05, 4.69) is 15.8 Å². The third kappa shape index (κ3) is 2.28. The van der Waals surface area contributed by atoms with Crippen molar-refractivity contribution < 1.29 is 0 Å². The Morgan fingerprint density at radius 3 is 3.13 bits per heavy atom. The number of anilines is 1. The number of nitrogens with zero attached hydrogens (tertiary/aromatic N) is 2. The first-order valence-corrected chi connectivity index (χ1v) is 5.22. The smallest absolute Gasteiger partial charge is 0.0565 e. The summed E-state index contributed by atoms with van der Waals surface area (Å²) in [5.74, 6) is 2.60. The van der Waals surface area contributed by atoms with Gasteiger partial charge in [-0.15, -0.1) is 6.42 Å². The lowest BCUT2D eigenvalue weighted by molar-refractivity contribution is 0.506. The zero-order chi connectivity index (χ0) is 10.7. The monoisotopic (exact) mass is 201 g/mol. The summed E-state index contributed by atoms with van der Waals surface area (Å²) >= 11 is 0. The van der Waals surface area contributed by atoms with Crippen molar-refractivity contribution in [3.63, 3.8) is 0 Å². The first-order valence-electron chi connectivity index (χ1n) is 5.22. The van der Waals surface area contributed by atoms with Gasteiger partial charge in [-0.25, -0.2) is 0 Å². The van der Waals surface area contributed by atoms with E-state index in [4.69, 9.17) is 12.2 Å². The van der Waals surface area contributed by atoms with E-state index < -0.39 is 0 Å². The molecule has 0 radical (unpaired) electrons. The molecule has 0 amide bonds. The van der Waals surface area contributed by atoms with Gasteiger partial charge in [-0.3, -0.25) is 4.98 Å². The molecule has 0 unspecified atom stereocenters. The minimum atomic E-state index is 0.272. The molecular formula is C12H15N3. The first kappa shape index (κ1) is 10.0. The normalized spacial score (nSPS) is 21.1. The molecule has 0 saturated carbocycles. The van der Waals surface area contributed by atoms with Crippen LogP contribution in [0.1, 0.15) is 18.4 Å². The topological polar surface area (TPSA) is 42.2 Å². The molecule has 3 heteroatoms. The fourth-order valence-electron chi connectivity index (χ4n) is 1.92. The highest BCUT2D eigenvalue weighted by Gasteiger charge is 2.16. The predicted octanol–water partition coefficient (Wildman–Crippen LogP) is 0.990. The molecule has 1 aliphatic rings. The van der Waals surface area contributed by atoms with Crippen LogP contribution >= 0.6 is 0 Å². The second kappa shape index (κ2) is 4.33. The van der Waals surface area contributed by atoms with Crippen LogP contribution in [0.3, 0.4) is 0 Å². The molecule has 1 aliphatic heterocycles. The third-order valence-corrected chi connectivity index (χ3v) is 2.71. The second-order valence-electron chi connectivity index (χ2n) is 3.92. The Bertz CT molecular complexity index is 381. The van der Waals surface area contributed by atoms with Crippen molar-refractivity contribution in [2.45, 2.75) is 18.9 Å². The summed E-state index contributed by atoms with van der Waals surface area (Å²) in [5, 5.41) is 0. The molecule has 0 aromatic carbocycles. The molecule has 15 heavy (non-hydrogen) atoms. The molecule has 1 aromatic heterocycles. The minimum Gasteiger partial charge on any atom is -0.369 e. The maximum Gasteiger partial charge on any atom is 0.0565 e. The van der Waals surface area contributed by atoms with Crippen LogP contribution in [0.15, 0.2) is 18.5 Å². The van der Waals surface area contributed by atoms with E-state index in [1.807, 2.05) is 12.3 Å². The molecular weight excluding hydrogens is 186 g/mol. The Morgan fingerprint density at radius 2 is 2.40 bits per heavy atom. The number of aromatic nitrogens is 1. The van der Waals surface area contributed by atoms with Gasteiger partial charge in [0.15, 0.2) is 0 Å². The van der Waals surface area contributed by atoms with Gasteiger partial charge in [0.2, 0.25) is 0 Å². The van der Waals surface area contributed by atoms with Crippen LogP contribution in [-0.2, 0) is 0 Å². The first-order chi connectivity index (χ1) is 7.29. The van der Waals surface area contributed by atoms with Crippen molar-refractivity contribution in [2.24, 2.45) is 5.73 Å². The zero-order valence-corrected chi connectivity index (χ0v) is 8.69. The SMILES string of the molecule is C#Cc1cncc(N2CCC[C@H](N)C2)c1. The fraction of sp³-hybridized carbons (Fsp3) is 0.417. The molecule has 2 N–H and O–H groups in total. The quantitative estimate of drug-likeness (QED) is 0.689. The molecule has 2 rings (SSSR count). The maximum atomic E-state index is 5.93. The largest absolute Gasteiger partial charge is 0.369 e. The summed E-state index contributed by atoms with van der Waals surface area (Å²) in [6, 6.07) is 2.26. The lowest BCUT2D eigenvalue weighted by Crippen LogP contribution is -2.42. The predicted molar refractivity (Wildman–Crippen MR) is 61.6 cm³/mol. The maximum absolute atomic E-state index is 5.93. The molecule has 3 nitrogen and oxygen atoms in total. The molecule has 1 aromatic rings. The number of nitrogens with two attached hydrogens (primary N) is 1. The lowest BCUT2D eigenvalue weighted by atomic mass is 10.1. The van der Waals surface area contributed by atoms with Crippen LogP contribution in [-0.4, -0.2) is 24.1 Å². The Morgan fingerprint density at radius 1 is 1.53 bits per heavy atom. The summed E-state index contributed by atoms with van der Waals surface area (Å²) in [6.07, 6.45) is 11.1. The van der Waals surface area contributed by atoms with Crippen molar-refractivity contribution in [2.75, 3.05) is 18.0 Å². The van der Waals surface area contributed by atoms with Crippen LogP contribution in [0.2, 0.25) is 0 Å². The molecule has 0 bridgehead atoms. The van der Waals surface area contributed by atoms with Gasteiger partial charge in [-0.2, -0.15) is 0 Å². The van der Waals surface area contributed by atoms with Crippen molar-refractivity contribution >= 4 is 5.69 Å². The fourth-order valence-corrected chi connectivity index (χ4v) is 1.92. The summed E-state index contributed by atoms with van der Waals surface area (Å²) in [4.78, 5) is 6.38. The van der Waals surface area contributed by atoms with E-state index in [1.54, 1.807) is 6.20 Å². The zero-order valence-electron chi connectivity index (χ0n) is 8.69. The Labute approximate surface area is 90.3 Å². The van der Waals surface area contributed by atoms with Crippen molar-refractivity contribution in [3.05, 3.63) is 24.0 Å². The van der Waals surface area contributed by atoms with Crippen molar-refractivity contribution in [1.82, 2.24) is 4.98 Å².